The topological polar surface area (TPSA) is 75.4 Å². The lowest BCUT2D eigenvalue weighted by molar-refractivity contribution is -0.124. The maximum Gasteiger partial charge on any atom is 0.237 e. The van der Waals surface area contributed by atoms with Crippen molar-refractivity contribution in [2.75, 3.05) is 13.2 Å². The highest BCUT2D eigenvalue weighted by Crippen LogP contribution is 2.44. The van der Waals surface area contributed by atoms with Gasteiger partial charge in [-0.15, -0.1) is 0 Å². The maximum absolute atomic E-state index is 11.7. The molecule has 1 atom stereocenters. The van der Waals surface area contributed by atoms with E-state index in [-0.39, 0.29) is 23.3 Å². The average Bonchev–Trinajstić information content (AvgIpc) is 2.92. The van der Waals surface area contributed by atoms with Gasteiger partial charge in [-0.3, -0.25) is 4.79 Å². The Balaban J connectivity index is 2.36. The van der Waals surface area contributed by atoms with E-state index in [0.29, 0.717) is 6.54 Å². The fourth-order valence-electron chi connectivity index (χ4n) is 1.35. The van der Waals surface area contributed by atoms with Gasteiger partial charge >= 0.3 is 0 Å². The third-order valence-corrected chi connectivity index (χ3v) is 3.15. The molecule has 0 aromatic heterocycles. The average molecular weight is 214 g/mol. The van der Waals surface area contributed by atoms with Crippen molar-refractivity contribution in [1.29, 1.82) is 0 Å². The summed E-state index contributed by atoms with van der Waals surface area (Å²) in [5.41, 5.74) is 5.54. The zero-order chi connectivity index (χ0) is 11.7. The highest BCUT2D eigenvalue weighted by atomic mass is 16.3. The lowest BCUT2D eigenvalue weighted by Gasteiger charge is -2.26. The highest BCUT2D eigenvalue weighted by molar-refractivity contribution is 5.82. The first-order chi connectivity index (χ1) is 6.81. The molecule has 0 radical (unpaired) electrons. The molecule has 0 aromatic rings. The largest absolute Gasteiger partial charge is 0.396 e. The second-order valence-electron chi connectivity index (χ2n) is 5.72. The van der Waals surface area contributed by atoms with Crippen LogP contribution >= 0.6 is 0 Å². The van der Waals surface area contributed by atoms with Crippen molar-refractivity contribution in [2.45, 2.75) is 39.7 Å². The Bertz CT molecular complexity index is 241. The molecule has 0 heterocycles. The van der Waals surface area contributed by atoms with Gasteiger partial charge in [0, 0.05) is 12.0 Å². The molecule has 0 aromatic carbocycles. The number of hydrogen-bond donors (Lipinski definition) is 3. The lowest BCUT2D eigenvalue weighted by Crippen LogP contribution is -2.50. The van der Waals surface area contributed by atoms with Crippen molar-refractivity contribution in [3.63, 3.8) is 0 Å². The van der Waals surface area contributed by atoms with Crippen molar-refractivity contribution >= 4 is 5.91 Å². The van der Waals surface area contributed by atoms with Gasteiger partial charge in [0.05, 0.1) is 12.6 Å². The molecule has 1 aliphatic rings. The van der Waals surface area contributed by atoms with E-state index in [2.05, 4.69) is 5.32 Å². The summed E-state index contributed by atoms with van der Waals surface area (Å²) in [6.07, 6.45) is 1.99. The van der Waals surface area contributed by atoms with Gasteiger partial charge in [0.1, 0.15) is 0 Å². The number of aliphatic hydroxyl groups excluding tert-OH is 1. The van der Waals surface area contributed by atoms with Crippen molar-refractivity contribution in [3.05, 3.63) is 0 Å². The number of hydrogen-bond acceptors (Lipinski definition) is 3. The summed E-state index contributed by atoms with van der Waals surface area (Å²) >= 11 is 0. The first-order valence-electron chi connectivity index (χ1n) is 5.45. The van der Waals surface area contributed by atoms with Gasteiger partial charge in [0.15, 0.2) is 0 Å². The Morgan fingerprint density at radius 2 is 2.07 bits per heavy atom. The lowest BCUT2D eigenvalue weighted by atomic mass is 9.87. The van der Waals surface area contributed by atoms with Crippen LogP contribution in [0.2, 0.25) is 0 Å². The first kappa shape index (κ1) is 12.5. The van der Waals surface area contributed by atoms with Crippen molar-refractivity contribution in [1.82, 2.24) is 5.32 Å². The van der Waals surface area contributed by atoms with Crippen molar-refractivity contribution < 1.29 is 9.90 Å². The molecule has 1 fully saturated rings. The first-order valence-corrected chi connectivity index (χ1v) is 5.45. The molecule has 0 aliphatic heterocycles. The number of carbonyl (C=O) groups is 1. The van der Waals surface area contributed by atoms with Crippen LogP contribution in [0.5, 0.6) is 0 Å². The molecule has 1 unspecified atom stereocenters. The Morgan fingerprint density at radius 3 is 2.40 bits per heavy atom. The molecule has 4 nitrogen and oxygen atoms in total. The summed E-state index contributed by atoms with van der Waals surface area (Å²) in [5, 5.41) is 11.9. The second kappa shape index (κ2) is 4.10. The molecule has 88 valence electrons. The van der Waals surface area contributed by atoms with Crippen molar-refractivity contribution in [2.24, 2.45) is 16.6 Å². The van der Waals surface area contributed by atoms with E-state index in [1.807, 2.05) is 20.8 Å². The number of carbonyl (C=O) groups excluding carboxylic acids is 1. The predicted molar refractivity (Wildman–Crippen MR) is 59.2 cm³/mol. The number of amides is 1. The fraction of sp³-hybridized carbons (Fsp3) is 0.909. The molecule has 1 rings (SSSR count). The summed E-state index contributed by atoms with van der Waals surface area (Å²) in [6, 6.07) is -0.494. The summed E-state index contributed by atoms with van der Waals surface area (Å²) in [5.74, 6) is -0.123. The fourth-order valence-corrected chi connectivity index (χ4v) is 1.35. The molecule has 1 aliphatic carbocycles. The summed E-state index contributed by atoms with van der Waals surface area (Å²) in [7, 11) is 0. The smallest absolute Gasteiger partial charge is 0.237 e. The van der Waals surface area contributed by atoms with Crippen LogP contribution in [0, 0.1) is 10.8 Å². The van der Waals surface area contributed by atoms with Gasteiger partial charge in [-0.25, -0.2) is 0 Å². The van der Waals surface area contributed by atoms with Crippen LogP contribution in [0.25, 0.3) is 0 Å². The van der Waals surface area contributed by atoms with Gasteiger partial charge in [-0.05, 0) is 18.3 Å². The number of rotatable bonds is 4. The second-order valence-corrected chi connectivity index (χ2v) is 5.72. The Kier molecular flexibility index (Phi) is 3.41. The molecule has 15 heavy (non-hydrogen) atoms. The molecule has 1 amide bonds. The maximum atomic E-state index is 11.7. The number of nitrogens with two attached hydrogens (primary N) is 1. The van der Waals surface area contributed by atoms with E-state index >= 15 is 0 Å². The minimum Gasteiger partial charge on any atom is -0.396 e. The van der Waals surface area contributed by atoms with E-state index in [4.69, 9.17) is 10.8 Å². The quantitative estimate of drug-likeness (QED) is 0.628. The Hall–Kier alpha value is -0.610. The van der Waals surface area contributed by atoms with E-state index in [1.54, 1.807) is 0 Å². The molecular weight excluding hydrogens is 192 g/mol. The Morgan fingerprint density at radius 1 is 1.53 bits per heavy atom. The van der Waals surface area contributed by atoms with Crippen LogP contribution in [-0.4, -0.2) is 30.2 Å². The van der Waals surface area contributed by atoms with Crippen LogP contribution in [0.1, 0.15) is 33.6 Å². The molecule has 4 N–H and O–H groups in total. The monoisotopic (exact) mass is 214 g/mol. The summed E-state index contributed by atoms with van der Waals surface area (Å²) < 4.78 is 0. The SMILES string of the molecule is CC(C)(C)C(N)C(=O)NCC1(CO)CC1. The van der Waals surface area contributed by atoms with E-state index in [9.17, 15) is 4.79 Å². The summed E-state index contributed by atoms with van der Waals surface area (Å²) in [4.78, 5) is 11.7. The molecule has 0 saturated heterocycles. The predicted octanol–water partition coefficient (Wildman–Crippen LogP) is 0.249. The van der Waals surface area contributed by atoms with Crippen LogP contribution in [0.4, 0.5) is 0 Å². The molecule has 0 bridgehead atoms. The standard InChI is InChI=1S/C11H22N2O2/c1-10(2,3)8(12)9(15)13-6-11(7-14)4-5-11/h8,14H,4-7,12H2,1-3H3,(H,13,15). The van der Waals surface area contributed by atoms with Crippen LogP contribution < -0.4 is 11.1 Å². The number of nitrogens with one attached hydrogen (secondary N) is 1. The molecular formula is C11H22N2O2. The Labute approximate surface area is 91.2 Å². The number of aliphatic hydroxyl groups is 1. The van der Waals surface area contributed by atoms with Gasteiger partial charge in [-0.2, -0.15) is 0 Å². The third-order valence-electron chi connectivity index (χ3n) is 3.15. The van der Waals surface area contributed by atoms with Gasteiger partial charge in [-0.1, -0.05) is 20.8 Å². The van der Waals surface area contributed by atoms with Gasteiger partial charge in [0.25, 0.3) is 0 Å². The minimum atomic E-state index is -0.494. The van der Waals surface area contributed by atoms with E-state index < -0.39 is 6.04 Å². The van der Waals surface area contributed by atoms with Crippen LogP contribution in [0.3, 0.4) is 0 Å². The van der Waals surface area contributed by atoms with Gasteiger partial charge in [0.2, 0.25) is 5.91 Å². The van der Waals surface area contributed by atoms with Crippen molar-refractivity contribution in [3.8, 4) is 0 Å². The molecule has 1 saturated carbocycles. The third kappa shape index (κ3) is 3.18. The molecule has 4 heteroatoms. The van der Waals surface area contributed by atoms with Gasteiger partial charge < -0.3 is 16.2 Å². The van der Waals surface area contributed by atoms with E-state index in [1.165, 1.54) is 0 Å². The van der Waals surface area contributed by atoms with Crippen LogP contribution in [0.15, 0.2) is 0 Å². The highest BCUT2D eigenvalue weighted by Gasteiger charge is 2.42. The van der Waals surface area contributed by atoms with E-state index in [0.717, 1.165) is 12.8 Å². The summed E-state index contributed by atoms with van der Waals surface area (Å²) in [6.45, 7) is 6.52. The van der Waals surface area contributed by atoms with Crippen LogP contribution in [-0.2, 0) is 4.79 Å². The zero-order valence-corrected chi connectivity index (χ0v) is 9.84. The zero-order valence-electron chi connectivity index (χ0n) is 9.84. The normalized spacial score (nSPS) is 20.9. The minimum absolute atomic E-state index is 0.0483. The molecule has 0 spiro atoms.